The molecule has 0 radical (unpaired) electrons. The first-order valence-corrected chi connectivity index (χ1v) is 8.08. The van der Waals surface area contributed by atoms with Crippen molar-refractivity contribution < 1.29 is 4.79 Å². The Morgan fingerprint density at radius 1 is 1.43 bits per heavy atom. The molecule has 21 heavy (non-hydrogen) atoms. The van der Waals surface area contributed by atoms with Gasteiger partial charge in [0.2, 0.25) is 0 Å². The standard InChI is InChI=1S/C16H15BrN2OS/c1-11-4-5-12(3-2-6-18)7-15(11)16(20)19-9-14-8-13(17)10-21-14/h4-5,7-8,10H,6,9,18H2,1H3,(H,19,20). The first kappa shape index (κ1) is 15.8. The van der Waals surface area contributed by atoms with Crippen molar-refractivity contribution in [1.29, 1.82) is 0 Å². The van der Waals surface area contributed by atoms with E-state index in [0.717, 1.165) is 20.5 Å². The van der Waals surface area contributed by atoms with E-state index in [1.54, 1.807) is 17.4 Å². The van der Waals surface area contributed by atoms with Crippen LogP contribution in [0.4, 0.5) is 0 Å². The largest absolute Gasteiger partial charge is 0.347 e. The van der Waals surface area contributed by atoms with Crippen molar-refractivity contribution in [3.05, 3.63) is 55.7 Å². The molecule has 5 heteroatoms. The summed E-state index contributed by atoms with van der Waals surface area (Å²) >= 11 is 5.01. The highest BCUT2D eigenvalue weighted by atomic mass is 79.9. The molecule has 108 valence electrons. The molecular weight excluding hydrogens is 348 g/mol. The van der Waals surface area contributed by atoms with E-state index in [0.29, 0.717) is 18.7 Å². The first-order chi connectivity index (χ1) is 10.1. The van der Waals surface area contributed by atoms with Crippen LogP contribution in [-0.2, 0) is 6.54 Å². The van der Waals surface area contributed by atoms with Crippen LogP contribution < -0.4 is 11.1 Å². The van der Waals surface area contributed by atoms with Crippen molar-refractivity contribution in [2.75, 3.05) is 6.54 Å². The third-order valence-corrected chi connectivity index (χ3v) is 4.56. The lowest BCUT2D eigenvalue weighted by Crippen LogP contribution is -2.23. The molecule has 0 aliphatic heterocycles. The van der Waals surface area contributed by atoms with Gasteiger partial charge in [-0.15, -0.1) is 11.3 Å². The Hall–Kier alpha value is -1.61. The molecule has 0 bridgehead atoms. The van der Waals surface area contributed by atoms with Gasteiger partial charge in [-0.25, -0.2) is 0 Å². The van der Waals surface area contributed by atoms with E-state index in [2.05, 4.69) is 33.1 Å². The first-order valence-electron chi connectivity index (χ1n) is 6.41. The number of carbonyl (C=O) groups is 1. The molecule has 3 N–H and O–H groups in total. The third kappa shape index (κ3) is 4.43. The number of rotatable bonds is 3. The molecule has 0 unspecified atom stereocenters. The summed E-state index contributed by atoms with van der Waals surface area (Å²) in [4.78, 5) is 13.4. The number of thiophene rings is 1. The van der Waals surface area contributed by atoms with Gasteiger partial charge in [0.25, 0.3) is 5.91 Å². The van der Waals surface area contributed by atoms with E-state index in [4.69, 9.17) is 5.73 Å². The second kappa shape index (κ2) is 7.41. The molecule has 1 amide bonds. The molecule has 1 heterocycles. The molecule has 0 spiro atoms. The Labute approximate surface area is 136 Å². The van der Waals surface area contributed by atoms with Crippen molar-refractivity contribution in [1.82, 2.24) is 5.32 Å². The molecule has 0 fully saturated rings. The summed E-state index contributed by atoms with van der Waals surface area (Å²) in [6.45, 7) is 2.74. The molecule has 0 atom stereocenters. The highest BCUT2D eigenvalue weighted by Crippen LogP contribution is 2.19. The highest BCUT2D eigenvalue weighted by Gasteiger charge is 2.09. The van der Waals surface area contributed by atoms with Gasteiger partial charge < -0.3 is 11.1 Å². The maximum atomic E-state index is 12.3. The van der Waals surface area contributed by atoms with E-state index < -0.39 is 0 Å². The Kier molecular flexibility index (Phi) is 5.57. The van der Waals surface area contributed by atoms with E-state index in [9.17, 15) is 4.79 Å². The minimum absolute atomic E-state index is 0.0894. The van der Waals surface area contributed by atoms with Gasteiger partial charge >= 0.3 is 0 Å². The lowest BCUT2D eigenvalue weighted by Gasteiger charge is -2.07. The van der Waals surface area contributed by atoms with Crippen molar-refractivity contribution >= 4 is 33.2 Å². The Morgan fingerprint density at radius 3 is 2.90 bits per heavy atom. The second-order valence-corrected chi connectivity index (χ2v) is 6.36. The molecular formula is C16H15BrN2OS. The lowest BCUT2D eigenvalue weighted by molar-refractivity contribution is 0.0950. The normalized spacial score (nSPS) is 9.86. The summed E-state index contributed by atoms with van der Waals surface area (Å²) in [5.74, 6) is 5.65. The number of aryl methyl sites for hydroxylation is 1. The van der Waals surface area contributed by atoms with Crippen LogP contribution >= 0.6 is 27.3 Å². The Morgan fingerprint density at radius 2 is 2.24 bits per heavy atom. The average molecular weight is 363 g/mol. The highest BCUT2D eigenvalue weighted by molar-refractivity contribution is 9.10. The molecule has 0 aliphatic rings. The fraction of sp³-hybridized carbons (Fsp3) is 0.188. The van der Waals surface area contributed by atoms with Gasteiger partial charge in [0.15, 0.2) is 0 Å². The number of hydrogen-bond acceptors (Lipinski definition) is 3. The molecule has 1 aromatic heterocycles. The van der Waals surface area contributed by atoms with Crippen LogP contribution in [0.5, 0.6) is 0 Å². The van der Waals surface area contributed by atoms with Gasteiger partial charge in [-0.3, -0.25) is 4.79 Å². The summed E-state index contributed by atoms with van der Waals surface area (Å²) in [6, 6.07) is 7.60. The monoisotopic (exact) mass is 362 g/mol. The van der Waals surface area contributed by atoms with Crippen LogP contribution in [0.2, 0.25) is 0 Å². The smallest absolute Gasteiger partial charge is 0.251 e. The summed E-state index contributed by atoms with van der Waals surface area (Å²) in [6.07, 6.45) is 0. The van der Waals surface area contributed by atoms with E-state index in [-0.39, 0.29) is 5.91 Å². The minimum Gasteiger partial charge on any atom is -0.347 e. The quantitative estimate of drug-likeness (QED) is 0.824. The summed E-state index contributed by atoms with van der Waals surface area (Å²) in [5.41, 5.74) is 7.74. The van der Waals surface area contributed by atoms with Crippen LogP contribution in [0.15, 0.2) is 34.1 Å². The number of amides is 1. The zero-order chi connectivity index (χ0) is 15.2. The Balaban J connectivity index is 2.10. The van der Waals surface area contributed by atoms with Crippen LogP contribution in [-0.4, -0.2) is 12.5 Å². The molecule has 2 rings (SSSR count). The predicted molar refractivity (Wildman–Crippen MR) is 90.3 cm³/mol. The third-order valence-electron chi connectivity index (χ3n) is 2.86. The number of nitrogens with two attached hydrogens (primary N) is 1. The summed E-state index contributed by atoms with van der Waals surface area (Å²) < 4.78 is 1.03. The van der Waals surface area contributed by atoms with Crippen LogP contribution in [0.25, 0.3) is 0 Å². The maximum Gasteiger partial charge on any atom is 0.251 e. The maximum absolute atomic E-state index is 12.3. The molecule has 0 saturated heterocycles. The zero-order valence-electron chi connectivity index (χ0n) is 11.6. The fourth-order valence-corrected chi connectivity index (χ4v) is 3.20. The SMILES string of the molecule is Cc1ccc(C#CCN)cc1C(=O)NCc1cc(Br)cs1. The molecule has 1 aromatic carbocycles. The fourth-order valence-electron chi connectivity index (χ4n) is 1.81. The van der Waals surface area contributed by atoms with Crippen molar-refractivity contribution in [2.45, 2.75) is 13.5 Å². The number of hydrogen-bond donors (Lipinski definition) is 2. The van der Waals surface area contributed by atoms with Crippen LogP contribution in [0.3, 0.4) is 0 Å². The van der Waals surface area contributed by atoms with Gasteiger partial charge in [0, 0.05) is 25.9 Å². The van der Waals surface area contributed by atoms with Crippen molar-refractivity contribution in [3.8, 4) is 11.8 Å². The van der Waals surface area contributed by atoms with E-state index in [1.807, 2.05) is 30.5 Å². The average Bonchev–Trinajstić information content (AvgIpc) is 2.89. The predicted octanol–water partition coefficient (Wildman–Crippen LogP) is 3.06. The number of halogens is 1. The van der Waals surface area contributed by atoms with Gasteiger partial charge in [0.05, 0.1) is 13.1 Å². The topological polar surface area (TPSA) is 55.1 Å². The van der Waals surface area contributed by atoms with Crippen LogP contribution in [0, 0.1) is 18.8 Å². The minimum atomic E-state index is -0.0894. The zero-order valence-corrected chi connectivity index (χ0v) is 14.0. The molecule has 2 aromatic rings. The van der Waals surface area contributed by atoms with Gasteiger partial charge in [-0.2, -0.15) is 0 Å². The summed E-state index contributed by atoms with van der Waals surface area (Å²) in [7, 11) is 0. The number of nitrogens with one attached hydrogen (secondary N) is 1. The number of carbonyl (C=O) groups excluding carboxylic acids is 1. The van der Waals surface area contributed by atoms with E-state index >= 15 is 0 Å². The van der Waals surface area contributed by atoms with Crippen molar-refractivity contribution in [3.63, 3.8) is 0 Å². The van der Waals surface area contributed by atoms with Gasteiger partial charge in [0.1, 0.15) is 0 Å². The molecule has 0 saturated carbocycles. The molecule has 0 aliphatic carbocycles. The summed E-state index contributed by atoms with van der Waals surface area (Å²) in [5, 5.41) is 4.93. The lowest BCUT2D eigenvalue weighted by atomic mass is 10.0. The van der Waals surface area contributed by atoms with E-state index in [1.165, 1.54) is 0 Å². The van der Waals surface area contributed by atoms with Gasteiger partial charge in [-0.1, -0.05) is 17.9 Å². The molecule has 3 nitrogen and oxygen atoms in total. The number of benzene rings is 1. The second-order valence-electron chi connectivity index (χ2n) is 4.45. The Bertz CT molecular complexity index is 713. The van der Waals surface area contributed by atoms with Crippen molar-refractivity contribution in [2.24, 2.45) is 5.73 Å². The van der Waals surface area contributed by atoms with Gasteiger partial charge in [-0.05, 0) is 46.6 Å². The van der Waals surface area contributed by atoms with Crippen LogP contribution in [0.1, 0.15) is 26.4 Å².